The Morgan fingerprint density at radius 3 is 2.71 bits per heavy atom. The molecule has 2 rings (SSSR count). The summed E-state index contributed by atoms with van der Waals surface area (Å²) in [5, 5.41) is 10.2. The van der Waals surface area contributed by atoms with Crippen molar-refractivity contribution in [3.05, 3.63) is 30.0 Å². The molecule has 1 heterocycles. The molecule has 2 aromatic rings. The van der Waals surface area contributed by atoms with Crippen molar-refractivity contribution in [3.8, 4) is 5.75 Å². The van der Waals surface area contributed by atoms with Gasteiger partial charge < -0.3 is 25.1 Å². The highest BCUT2D eigenvalue weighted by molar-refractivity contribution is 5.85. The Labute approximate surface area is 166 Å². The van der Waals surface area contributed by atoms with Gasteiger partial charge in [-0.1, -0.05) is 12.1 Å². The monoisotopic (exact) mass is 388 g/mol. The summed E-state index contributed by atoms with van der Waals surface area (Å²) in [6, 6.07) is 7.76. The van der Waals surface area contributed by atoms with Crippen molar-refractivity contribution in [1.82, 2.24) is 16.0 Å². The zero-order valence-electron chi connectivity index (χ0n) is 17.7. The Hall–Kier alpha value is -2.70. The summed E-state index contributed by atoms with van der Waals surface area (Å²) in [4.78, 5) is 16.6. The maximum atomic E-state index is 12.0. The highest BCUT2D eigenvalue weighted by atomic mass is 16.5. The van der Waals surface area contributed by atoms with Crippen LogP contribution in [0.1, 0.15) is 46.4 Å². The van der Waals surface area contributed by atoms with Gasteiger partial charge >= 0.3 is 0 Å². The molecule has 7 heteroatoms. The van der Waals surface area contributed by atoms with Gasteiger partial charge in [-0.05, 0) is 46.8 Å². The number of nitrogens with one attached hydrogen (secondary N) is 3. The van der Waals surface area contributed by atoms with Crippen molar-refractivity contribution in [2.24, 2.45) is 10.4 Å². The van der Waals surface area contributed by atoms with Crippen LogP contribution in [0.25, 0.3) is 11.0 Å². The molecule has 0 aliphatic rings. The van der Waals surface area contributed by atoms with Gasteiger partial charge in [0.05, 0.1) is 24.6 Å². The second-order valence-corrected chi connectivity index (χ2v) is 7.28. The lowest BCUT2D eigenvalue weighted by Gasteiger charge is -2.22. The summed E-state index contributed by atoms with van der Waals surface area (Å²) in [5.74, 6) is 2.13. The van der Waals surface area contributed by atoms with Crippen LogP contribution in [0.2, 0.25) is 0 Å². The minimum Gasteiger partial charge on any atom is -0.490 e. The minimum absolute atomic E-state index is 0.0408. The van der Waals surface area contributed by atoms with Crippen molar-refractivity contribution >= 4 is 22.8 Å². The summed E-state index contributed by atoms with van der Waals surface area (Å²) in [7, 11) is 1.64. The van der Waals surface area contributed by atoms with Crippen LogP contribution in [0.15, 0.2) is 33.7 Å². The van der Waals surface area contributed by atoms with E-state index in [1.807, 2.05) is 58.9 Å². The minimum atomic E-state index is -0.591. The zero-order valence-corrected chi connectivity index (χ0v) is 17.7. The van der Waals surface area contributed by atoms with E-state index >= 15 is 0 Å². The van der Waals surface area contributed by atoms with Gasteiger partial charge in [0.25, 0.3) is 0 Å². The Bertz CT molecular complexity index is 826. The van der Waals surface area contributed by atoms with Gasteiger partial charge in [0.15, 0.2) is 17.3 Å². The van der Waals surface area contributed by atoms with E-state index in [0.29, 0.717) is 25.7 Å². The predicted molar refractivity (Wildman–Crippen MR) is 113 cm³/mol. The van der Waals surface area contributed by atoms with Crippen LogP contribution in [-0.4, -0.2) is 38.6 Å². The van der Waals surface area contributed by atoms with Crippen molar-refractivity contribution in [2.75, 3.05) is 26.7 Å². The first-order valence-corrected chi connectivity index (χ1v) is 9.74. The highest BCUT2D eigenvalue weighted by Crippen LogP contribution is 2.31. The van der Waals surface area contributed by atoms with Gasteiger partial charge in [0, 0.05) is 19.0 Å². The summed E-state index contributed by atoms with van der Waals surface area (Å²) in [6.45, 7) is 11.4. The van der Waals surface area contributed by atoms with Gasteiger partial charge in [-0.2, -0.15) is 0 Å². The maximum Gasteiger partial charge on any atom is 0.227 e. The van der Waals surface area contributed by atoms with E-state index in [0.717, 1.165) is 22.5 Å². The first kappa shape index (κ1) is 21.6. The Morgan fingerprint density at radius 2 is 2.07 bits per heavy atom. The van der Waals surface area contributed by atoms with Crippen molar-refractivity contribution in [2.45, 2.75) is 40.7 Å². The number of para-hydroxylation sites is 1. The molecule has 1 amide bonds. The third-order valence-electron chi connectivity index (χ3n) is 4.43. The fourth-order valence-electron chi connectivity index (χ4n) is 2.82. The topological polar surface area (TPSA) is 87.9 Å². The Kier molecular flexibility index (Phi) is 7.31. The third kappa shape index (κ3) is 5.18. The molecular formula is C21H32N4O3. The van der Waals surface area contributed by atoms with Crippen LogP contribution in [0.4, 0.5) is 0 Å². The van der Waals surface area contributed by atoms with Crippen LogP contribution in [0, 0.1) is 5.41 Å². The first-order chi connectivity index (χ1) is 13.3. The third-order valence-corrected chi connectivity index (χ3v) is 4.43. The van der Waals surface area contributed by atoms with E-state index in [2.05, 4.69) is 20.9 Å². The van der Waals surface area contributed by atoms with Gasteiger partial charge in [-0.15, -0.1) is 0 Å². The molecule has 1 atom stereocenters. The highest BCUT2D eigenvalue weighted by Gasteiger charge is 2.26. The first-order valence-electron chi connectivity index (χ1n) is 9.74. The summed E-state index contributed by atoms with van der Waals surface area (Å²) < 4.78 is 11.7. The molecule has 154 valence electrons. The maximum absolute atomic E-state index is 12.0. The number of furan rings is 1. The summed E-state index contributed by atoms with van der Waals surface area (Å²) >= 11 is 0. The molecule has 0 spiro atoms. The molecule has 1 unspecified atom stereocenters. The number of aliphatic imine (C=N–C) groups is 1. The average molecular weight is 389 g/mol. The van der Waals surface area contributed by atoms with Crippen LogP contribution >= 0.6 is 0 Å². The number of carbonyl (C=O) groups is 1. The number of ether oxygens (including phenoxy) is 1. The molecule has 0 radical (unpaired) electrons. The molecule has 0 saturated heterocycles. The van der Waals surface area contributed by atoms with E-state index in [9.17, 15) is 4.79 Å². The molecule has 3 N–H and O–H groups in total. The zero-order chi connectivity index (χ0) is 20.7. The fraction of sp³-hybridized carbons (Fsp3) is 0.524. The molecule has 0 fully saturated rings. The second-order valence-electron chi connectivity index (χ2n) is 7.28. The fourth-order valence-corrected chi connectivity index (χ4v) is 2.82. The van der Waals surface area contributed by atoms with Crippen LogP contribution in [0.5, 0.6) is 5.75 Å². The predicted octanol–water partition coefficient (Wildman–Crippen LogP) is 3.22. The SMILES string of the molecule is CCNC(=NCC(C)(C)C(=O)NC)NC(C)c1cc2cccc(OCC)c2o1. The quantitative estimate of drug-likeness (QED) is 0.477. The molecule has 7 nitrogen and oxygen atoms in total. The summed E-state index contributed by atoms with van der Waals surface area (Å²) in [5.41, 5.74) is 0.155. The number of hydrogen-bond acceptors (Lipinski definition) is 4. The molecule has 0 saturated carbocycles. The number of carbonyl (C=O) groups excluding carboxylic acids is 1. The van der Waals surface area contributed by atoms with Gasteiger partial charge in [0.1, 0.15) is 5.76 Å². The van der Waals surface area contributed by atoms with Gasteiger partial charge in [0.2, 0.25) is 5.91 Å². The van der Waals surface area contributed by atoms with E-state index in [1.165, 1.54) is 0 Å². The number of rotatable bonds is 8. The second kappa shape index (κ2) is 9.48. The Balaban J connectivity index is 2.18. The van der Waals surface area contributed by atoms with Crippen molar-refractivity contribution < 1.29 is 13.9 Å². The Morgan fingerprint density at radius 1 is 1.32 bits per heavy atom. The lowest BCUT2D eigenvalue weighted by molar-refractivity contribution is -0.128. The number of fused-ring (bicyclic) bond motifs is 1. The molecule has 0 aliphatic carbocycles. The average Bonchev–Trinajstić information content (AvgIpc) is 3.11. The van der Waals surface area contributed by atoms with Crippen LogP contribution in [0.3, 0.4) is 0 Å². The lowest BCUT2D eigenvalue weighted by Crippen LogP contribution is -2.41. The standard InChI is InChI=1S/C21H32N4O3/c1-7-23-20(24-13-21(4,5)19(26)22-6)25-14(3)17-12-15-10-9-11-16(27-8-2)18(15)28-17/h9-12,14H,7-8,13H2,1-6H3,(H,22,26)(H2,23,24,25). The molecule has 0 aliphatic heterocycles. The molecule has 0 bridgehead atoms. The van der Waals surface area contributed by atoms with E-state index in [-0.39, 0.29) is 11.9 Å². The number of guanidine groups is 1. The number of amides is 1. The van der Waals surface area contributed by atoms with Crippen molar-refractivity contribution in [1.29, 1.82) is 0 Å². The molecule has 1 aromatic carbocycles. The van der Waals surface area contributed by atoms with Gasteiger partial charge in [-0.25, -0.2) is 0 Å². The normalized spacial score (nSPS) is 13.3. The lowest BCUT2D eigenvalue weighted by atomic mass is 9.93. The number of hydrogen-bond donors (Lipinski definition) is 3. The van der Waals surface area contributed by atoms with Crippen LogP contribution in [-0.2, 0) is 4.79 Å². The largest absolute Gasteiger partial charge is 0.490 e. The number of benzene rings is 1. The molecular weight excluding hydrogens is 356 g/mol. The van der Waals surface area contributed by atoms with Crippen molar-refractivity contribution in [3.63, 3.8) is 0 Å². The summed E-state index contributed by atoms with van der Waals surface area (Å²) in [6.07, 6.45) is 0. The van der Waals surface area contributed by atoms with E-state index in [4.69, 9.17) is 9.15 Å². The van der Waals surface area contributed by atoms with E-state index in [1.54, 1.807) is 7.05 Å². The number of nitrogens with zero attached hydrogens (tertiary/aromatic N) is 1. The van der Waals surface area contributed by atoms with E-state index < -0.39 is 5.41 Å². The molecule has 28 heavy (non-hydrogen) atoms. The van der Waals surface area contributed by atoms with Crippen LogP contribution < -0.4 is 20.7 Å². The van der Waals surface area contributed by atoms with Gasteiger partial charge in [-0.3, -0.25) is 9.79 Å². The molecule has 1 aromatic heterocycles. The smallest absolute Gasteiger partial charge is 0.227 e.